The molecule has 4 bridgehead atoms. The Morgan fingerprint density at radius 2 is 1.53 bits per heavy atom. The monoisotopic (exact) mass is 204 g/mol. The Bertz CT molecular complexity index is 242. The Kier molecular flexibility index (Phi) is 2.41. The highest BCUT2D eigenvalue weighted by Gasteiger charge is 2.44. The van der Waals surface area contributed by atoms with Crippen LogP contribution in [0.5, 0.6) is 0 Å². The van der Waals surface area contributed by atoms with E-state index in [1.165, 1.54) is 32.1 Å². The zero-order valence-electron chi connectivity index (χ0n) is 10.2. The van der Waals surface area contributed by atoms with Crippen LogP contribution in [0.3, 0.4) is 0 Å². The molecule has 0 aromatic carbocycles. The van der Waals surface area contributed by atoms with E-state index < -0.39 is 0 Å². The summed E-state index contributed by atoms with van der Waals surface area (Å²) in [5.41, 5.74) is 1.89. The molecule has 0 spiro atoms. The average Bonchev–Trinajstić information content (AvgIpc) is 2.14. The molecular formula is C15H24. The van der Waals surface area contributed by atoms with Gasteiger partial charge in [-0.25, -0.2) is 0 Å². The van der Waals surface area contributed by atoms with E-state index in [1.54, 1.807) is 6.42 Å². The van der Waals surface area contributed by atoms with Crippen molar-refractivity contribution < 1.29 is 0 Å². The van der Waals surface area contributed by atoms with E-state index in [0.717, 1.165) is 29.6 Å². The lowest BCUT2D eigenvalue weighted by molar-refractivity contribution is 0.0691. The third-order valence-corrected chi connectivity index (χ3v) is 4.91. The fraction of sp³-hybridized carbons (Fsp3) is 0.867. The highest BCUT2D eigenvalue weighted by atomic mass is 14.5. The van der Waals surface area contributed by atoms with Crippen LogP contribution in [-0.4, -0.2) is 0 Å². The van der Waals surface area contributed by atoms with Gasteiger partial charge in [0.2, 0.25) is 0 Å². The summed E-state index contributed by atoms with van der Waals surface area (Å²) in [6.45, 7) is 4.68. The van der Waals surface area contributed by atoms with Crippen molar-refractivity contribution >= 4 is 0 Å². The fourth-order valence-electron chi connectivity index (χ4n) is 4.43. The van der Waals surface area contributed by atoms with Crippen LogP contribution in [-0.2, 0) is 0 Å². The van der Waals surface area contributed by atoms with Crippen LogP contribution in [0.25, 0.3) is 0 Å². The molecule has 84 valence electrons. The molecule has 0 aliphatic heterocycles. The second-order valence-corrected chi connectivity index (χ2v) is 6.64. The van der Waals surface area contributed by atoms with Gasteiger partial charge in [-0.05, 0) is 68.1 Å². The Morgan fingerprint density at radius 1 is 1.00 bits per heavy atom. The fourth-order valence-corrected chi connectivity index (χ4v) is 4.43. The molecule has 0 unspecified atom stereocenters. The van der Waals surface area contributed by atoms with Crippen LogP contribution in [0.15, 0.2) is 11.6 Å². The number of rotatable bonds is 2. The second kappa shape index (κ2) is 3.64. The lowest BCUT2D eigenvalue weighted by atomic mass is 9.54. The molecule has 0 heteroatoms. The average molecular weight is 204 g/mol. The number of allylic oxidation sites excluding steroid dienone is 2. The first kappa shape index (κ1) is 9.93. The zero-order chi connectivity index (χ0) is 10.4. The summed E-state index contributed by atoms with van der Waals surface area (Å²) >= 11 is 0. The molecular weight excluding hydrogens is 180 g/mol. The molecule has 0 atom stereocenters. The topological polar surface area (TPSA) is 0 Å². The molecule has 0 aromatic rings. The van der Waals surface area contributed by atoms with E-state index >= 15 is 0 Å². The van der Waals surface area contributed by atoms with Gasteiger partial charge in [0.05, 0.1) is 0 Å². The molecule has 0 heterocycles. The summed E-state index contributed by atoms with van der Waals surface area (Å²) in [7, 11) is 0. The molecule has 4 fully saturated rings. The van der Waals surface area contributed by atoms with E-state index in [2.05, 4.69) is 19.9 Å². The minimum atomic E-state index is 0.842. The van der Waals surface area contributed by atoms with Gasteiger partial charge in [0.1, 0.15) is 0 Å². The Hall–Kier alpha value is -0.260. The first-order chi connectivity index (χ1) is 7.22. The van der Waals surface area contributed by atoms with Gasteiger partial charge >= 0.3 is 0 Å². The van der Waals surface area contributed by atoms with E-state index in [0.29, 0.717) is 0 Å². The van der Waals surface area contributed by atoms with Crippen LogP contribution in [0.2, 0.25) is 0 Å². The summed E-state index contributed by atoms with van der Waals surface area (Å²) < 4.78 is 0. The van der Waals surface area contributed by atoms with E-state index in [1.807, 2.05) is 5.57 Å². The van der Waals surface area contributed by atoms with Gasteiger partial charge < -0.3 is 0 Å². The van der Waals surface area contributed by atoms with E-state index in [4.69, 9.17) is 0 Å². The summed E-state index contributed by atoms with van der Waals surface area (Å²) in [4.78, 5) is 0. The van der Waals surface area contributed by atoms with E-state index in [-0.39, 0.29) is 0 Å². The van der Waals surface area contributed by atoms with Crippen LogP contribution < -0.4 is 0 Å². The maximum Gasteiger partial charge on any atom is -0.0195 e. The normalized spacial score (nSPS) is 42.7. The minimum absolute atomic E-state index is 0.842. The Morgan fingerprint density at radius 3 is 2.00 bits per heavy atom. The summed E-state index contributed by atoms with van der Waals surface area (Å²) in [6, 6.07) is 0. The van der Waals surface area contributed by atoms with Gasteiger partial charge in [0.15, 0.2) is 0 Å². The van der Waals surface area contributed by atoms with Crippen molar-refractivity contribution in [3.05, 3.63) is 11.6 Å². The van der Waals surface area contributed by atoms with Crippen molar-refractivity contribution in [3.8, 4) is 0 Å². The van der Waals surface area contributed by atoms with Crippen molar-refractivity contribution in [2.45, 2.75) is 52.4 Å². The molecule has 4 saturated carbocycles. The van der Waals surface area contributed by atoms with Crippen LogP contribution in [0, 0.1) is 29.6 Å². The zero-order valence-corrected chi connectivity index (χ0v) is 10.2. The van der Waals surface area contributed by atoms with Crippen molar-refractivity contribution in [3.63, 3.8) is 0 Å². The Balaban J connectivity index is 1.77. The summed E-state index contributed by atoms with van der Waals surface area (Å²) in [5, 5.41) is 0. The maximum atomic E-state index is 2.62. The van der Waals surface area contributed by atoms with Gasteiger partial charge in [0, 0.05) is 0 Å². The molecule has 0 radical (unpaired) electrons. The summed E-state index contributed by atoms with van der Waals surface area (Å²) in [6.07, 6.45) is 11.7. The molecule has 0 aromatic heterocycles. The number of hydrogen-bond acceptors (Lipinski definition) is 0. The molecule has 4 aliphatic rings. The molecule has 15 heavy (non-hydrogen) atoms. The van der Waals surface area contributed by atoms with Crippen LogP contribution in [0.1, 0.15) is 52.4 Å². The standard InChI is InChI=1S/C15H24/c1-10(2)3-4-15-13-6-11-5-12(8-13)9-14(15)7-11/h4,10-14H,3,5-9H2,1-2H3. The first-order valence-corrected chi connectivity index (χ1v) is 6.92. The van der Waals surface area contributed by atoms with E-state index in [9.17, 15) is 0 Å². The van der Waals surface area contributed by atoms with Crippen molar-refractivity contribution in [1.82, 2.24) is 0 Å². The highest BCUT2D eigenvalue weighted by molar-refractivity contribution is 5.20. The summed E-state index contributed by atoms with van der Waals surface area (Å²) in [5.74, 6) is 5.10. The SMILES string of the molecule is CC(C)CC=C1C2CC3CC(C2)CC1C3. The maximum absolute atomic E-state index is 2.62. The van der Waals surface area contributed by atoms with Crippen molar-refractivity contribution in [1.29, 1.82) is 0 Å². The van der Waals surface area contributed by atoms with Crippen LogP contribution in [0.4, 0.5) is 0 Å². The van der Waals surface area contributed by atoms with Gasteiger partial charge in [-0.1, -0.05) is 25.5 Å². The largest absolute Gasteiger partial charge is 0.0845 e. The third kappa shape index (κ3) is 1.77. The molecule has 0 nitrogen and oxygen atoms in total. The molecule has 0 N–H and O–H groups in total. The lowest BCUT2D eigenvalue weighted by Gasteiger charge is -2.51. The van der Waals surface area contributed by atoms with Gasteiger partial charge in [-0.15, -0.1) is 0 Å². The molecule has 4 aliphatic carbocycles. The van der Waals surface area contributed by atoms with Crippen LogP contribution >= 0.6 is 0 Å². The van der Waals surface area contributed by atoms with Gasteiger partial charge in [-0.2, -0.15) is 0 Å². The van der Waals surface area contributed by atoms with Gasteiger partial charge in [-0.3, -0.25) is 0 Å². The van der Waals surface area contributed by atoms with Crippen molar-refractivity contribution in [2.75, 3.05) is 0 Å². The highest BCUT2D eigenvalue weighted by Crippen LogP contribution is 2.56. The predicted molar refractivity (Wildman–Crippen MR) is 64.6 cm³/mol. The molecule has 0 saturated heterocycles. The molecule has 4 rings (SSSR count). The minimum Gasteiger partial charge on any atom is -0.0845 e. The quantitative estimate of drug-likeness (QED) is 0.584. The molecule has 0 amide bonds. The first-order valence-electron chi connectivity index (χ1n) is 6.92. The lowest BCUT2D eigenvalue weighted by Crippen LogP contribution is -2.40. The second-order valence-electron chi connectivity index (χ2n) is 6.64. The Labute approximate surface area is 94.1 Å². The predicted octanol–water partition coefficient (Wildman–Crippen LogP) is 4.42. The smallest absolute Gasteiger partial charge is 0.0195 e. The number of hydrogen-bond donors (Lipinski definition) is 0. The van der Waals surface area contributed by atoms with Gasteiger partial charge in [0.25, 0.3) is 0 Å². The third-order valence-electron chi connectivity index (χ3n) is 4.91. The van der Waals surface area contributed by atoms with Crippen molar-refractivity contribution in [2.24, 2.45) is 29.6 Å².